The lowest BCUT2D eigenvalue weighted by Gasteiger charge is -2.18. The summed E-state index contributed by atoms with van der Waals surface area (Å²) in [5.74, 6) is 0. The van der Waals surface area contributed by atoms with Gasteiger partial charge in [0.2, 0.25) is 0 Å². The summed E-state index contributed by atoms with van der Waals surface area (Å²) in [5, 5.41) is 4.23. The third-order valence-electron chi connectivity index (χ3n) is 8.04. The Labute approximate surface area is 266 Å². The second kappa shape index (κ2) is 9.44. The van der Waals surface area contributed by atoms with Gasteiger partial charge in [0.05, 0.1) is 16.4 Å². The topological polar surface area (TPSA) is 13.1 Å². The standard InChI is InChI=1S/C42H26O/c1-2-11-27(12-3-1)29-21-23-39-37(25-29)38-26-30(22-24-40(38)43-39)41-33-16-6-8-18-35(33)42(36-19-9-7-17-34(36)41)32-20-10-14-28-13-4-5-15-31(28)32/h1-26H/i1D,2D,3D,4D,5D,10D,11D,12D,13D,14D,15D,20D. The molecule has 0 saturated heterocycles. The highest BCUT2D eigenvalue weighted by Gasteiger charge is 2.19. The molecule has 0 fully saturated rings. The van der Waals surface area contributed by atoms with Gasteiger partial charge in [-0.1, -0.05) is 133 Å². The van der Waals surface area contributed by atoms with Crippen molar-refractivity contribution < 1.29 is 20.9 Å². The lowest BCUT2D eigenvalue weighted by molar-refractivity contribution is 0.669. The van der Waals surface area contributed by atoms with E-state index < -0.39 is 48.3 Å². The van der Waals surface area contributed by atoms with Crippen molar-refractivity contribution in [2.75, 3.05) is 0 Å². The second-order valence-corrected chi connectivity index (χ2v) is 10.4. The van der Waals surface area contributed by atoms with Gasteiger partial charge in [0.1, 0.15) is 11.2 Å². The van der Waals surface area contributed by atoms with Gasteiger partial charge in [-0.15, -0.1) is 0 Å². The molecule has 0 aliphatic rings. The highest BCUT2D eigenvalue weighted by atomic mass is 16.3. The molecular formula is C42H26O. The summed E-state index contributed by atoms with van der Waals surface area (Å²) in [4.78, 5) is 0. The lowest BCUT2D eigenvalue weighted by Crippen LogP contribution is -1.91. The lowest BCUT2D eigenvalue weighted by atomic mass is 9.84. The summed E-state index contributed by atoms with van der Waals surface area (Å²) in [6, 6.07) is 21.2. The van der Waals surface area contributed by atoms with E-state index in [9.17, 15) is 1.37 Å². The minimum Gasteiger partial charge on any atom is -0.456 e. The van der Waals surface area contributed by atoms with Gasteiger partial charge in [-0.2, -0.15) is 0 Å². The summed E-state index contributed by atoms with van der Waals surface area (Å²) in [7, 11) is 0. The Bertz CT molecular complexity index is 3090. The van der Waals surface area contributed by atoms with Crippen molar-refractivity contribution >= 4 is 54.3 Å². The average molecular weight is 559 g/mol. The van der Waals surface area contributed by atoms with E-state index in [0.717, 1.165) is 27.3 Å². The van der Waals surface area contributed by atoms with Crippen LogP contribution in [0.4, 0.5) is 0 Å². The first-order valence-corrected chi connectivity index (χ1v) is 13.8. The summed E-state index contributed by atoms with van der Waals surface area (Å²) >= 11 is 0. The number of furan rings is 1. The molecule has 9 rings (SSSR count). The summed E-state index contributed by atoms with van der Waals surface area (Å²) in [5.41, 5.74) is 3.99. The molecule has 0 aliphatic heterocycles. The Hall–Kier alpha value is -5.66. The Balaban J connectivity index is 1.36. The first kappa shape index (κ1) is 15.0. The van der Waals surface area contributed by atoms with Gasteiger partial charge < -0.3 is 4.42 Å². The number of hydrogen-bond donors (Lipinski definition) is 0. The van der Waals surface area contributed by atoms with Gasteiger partial charge in [-0.05, 0) is 90.0 Å². The van der Waals surface area contributed by atoms with Gasteiger partial charge in [0.15, 0.2) is 0 Å². The highest BCUT2D eigenvalue weighted by Crippen LogP contribution is 2.46. The molecule has 1 nitrogen and oxygen atoms in total. The molecule has 200 valence electrons. The summed E-state index contributed by atoms with van der Waals surface area (Å²) < 4.78 is 109. The number of benzene rings is 8. The molecule has 43 heavy (non-hydrogen) atoms. The molecule has 0 unspecified atom stereocenters. The van der Waals surface area contributed by atoms with Crippen molar-refractivity contribution in [3.8, 4) is 33.4 Å². The molecule has 0 amide bonds. The number of rotatable bonds is 3. The van der Waals surface area contributed by atoms with Crippen LogP contribution in [0.1, 0.15) is 16.4 Å². The minimum absolute atomic E-state index is 0.0151. The zero-order chi connectivity index (χ0) is 38.8. The van der Waals surface area contributed by atoms with Crippen LogP contribution in [0.2, 0.25) is 0 Å². The van der Waals surface area contributed by atoms with Gasteiger partial charge in [0, 0.05) is 10.8 Å². The van der Waals surface area contributed by atoms with Crippen LogP contribution in [0.25, 0.3) is 87.6 Å². The second-order valence-electron chi connectivity index (χ2n) is 10.4. The quantitative estimate of drug-likeness (QED) is 0.197. The molecule has 1 heterocycles. The van der Waals surface area contributed by atoms with Crippen LogP contribution < -0.4 is 0 Å². The first-order valence-electron chi connectivity index (χ1n) is 19.8. The number of hydrogen-bond acceptors (Lipinski definition) is 1. The monoisotopic (exact) mass is 558 g/mol. The van der Waals surface area contributed by atoms with Crippen molar-refractivity contribution in [1.29, 1.82) is 0 Å². The van der Waals surface area contributed by atoms with E-state index in [2.05, 4.69) is 0 Å². The first-order chi connectivity index (χ1) is 26.3. The largest absolute Gasteiger partial charge is 0.456 e. The van der Waals surface area contributed by atoms with E-state index in [0.29, 0.717) is 38.5 Å². The van der Waals surface area contributed by atoms with Gasteiger partial charge in [-0.3, -0.25) is 0 Å². The predicted octanol–water partition coefficient (Wildman–Crippen LogP) is 12.0. The average Bonchev–Trinajstić information content (AvgIpc) is 3.56. The van der Waals surface area contributed by atoms with Crippen LogP contribution in [0.5, 0.6) is 0 Å². The van der Waals surface area contributed by atoms with E-state index in [-0.39, 0.29) is 46.1 Å². The van der Waals surface area contributed by atoms with Crippen molar-refractivity contribution in [3.63, 3.8) is 0 Å². The Morgan fingerprint density at radius 2 is 0.953 bits per heavy atom. The Morgan fingerprint density at radius 1 is 0.395 bits per heavy atom. The molecule has 0 atom stereocenters. The molecular weight excluding hydrogens is 520 g/mol. The molecule has 0 N–H and O–H groups in total. The van der Waals surface area contributed by atoms with Crippen LogP contribution in [-0.4, -0.2) is 0 Å². The maximum Gasteiger partial charge on any atom is 0.135 e. The summed E-state index contributed by atoms with van der Waals surface area (Å²) in [6.45, 7) is 0. The van der Waals surface area contributed by atoms with Crippen LogP contribution in [0.15, 0.2) is 162 Å². The fraction of sp³-hybridized carbons (Fsp3) is 0. The molecule has 0 saturated carbocycles. The van der Waals surface area contributed by atoms with Crippen molar-refractivity contribution in [2.24, 2.45) is 0 Å². The fourth-order valence-corrected chi connectivity index (χ4v) is 6.19. The summed E-state index contributed by atoms with van der Waals surface area (Å²) in [6.07, 6.45) is 0. The van der Waals surface area contributed by atoms with E-state index in [1.807, 2.05) is 66.7 Å². The predicted molar refractivity (Wildman–Crippen MR) is 183 cm³/mol. The molecule has 0 spiro atoms. The van der Waals surface area contributed by atoms with E-state index in [1.165, 1.54) is 0 Å². The third kappa shape index (κ3) is 3.72. The van der Waals surface area contributed by atoms with Crippen molar-refractivity contribution in [3.05, 3.63) is 157 Å². The molecule has 1 aromatic heterocycles. The smallest absolute Gasteiger partial charge is 0.135 e. The van der Waals surface area contributed by atoms with Crippen LogP contribution in [0, 0.1) is 0 Å². The minimum atomic E-state index is -0.512. The Morgan fingerprint density at radius 3 is 1.65 bits per heavy atom. The number of fused-ring (bicyclic) bond motifs is 6. The molecule has 0 radical (unpaired) electrons. The zero-order valence-corrected chi connectivity index (χ0v) is 22.5. The highest BCUT2D eigenvalue weighted by molar-refractivity contribution is 6.24. The van der Waals surface area contributed by atoms with Crippen molar-refractivity contribution in [1.82, 2.24) is 0 Å². The molecule has 8 aromatic carbocycles. The molecule has 9 aromatic rings. The van der Waals surface area contributed by atoms with E-state index in [1.54, 1.807) is 18.2 Å². The van der Waals surface area contributed by atoms with Gasteiger partial charge >= 0.3 is 0 Å². The van der Waals surface area contributed by atoms with Crippen LogP contribution in [-0.2, 0) is 0 Å². The molecule has 0 bridgehead atoms. The zero-order valence-electron chi connectivity index (χ0n) is 34.5. The van der Waals surface area contributed by atoms with Crippen molar-refractivity contribution in [2.45, 2.75) is 0 Å². The maximum atomic E-state index is 9.18. The SMILES string of the molecule is [2H]c1c([2H])c([2H])c(-c2ccc3oc4ccc(-c5c6ccccc6c(-c6c([2H])c([2H])c([2H])c7c([2H])c([2H])c([2H])c([2H])c67)c6ccccc56)cc4c3c2)c([2H])c1[2H]. The van der Waals surface area contributed by atoms with Crippen LogP contribution >= 0.6 is 0 Å². The molecule has 1 heteroatoms. The maximum absolute atomic E-state index is 9.18. The van der Waals surface area contributed by atoms with Crippen LogP contribution in [0.3, 0.4) is 0 Å². The van der Waals surface area contributed by atoms with Gasteiger partial charge in [0.25, 0.3) is 0 Å². The third-order valence-corrected chi connectivity index (χ3v) is 8.04. The fourth-order valence-electron chi connectivity index (χ4n) is 6.19. The Kier molecular flexibility index (Phi) is 3.29. The molecule has 0 aliphatic carbocycles. The van der Waals surface area contributed by atoms with E-state index >= 15 is 0 Å². The van der Waals surface area contributed by atoms with Gasteiger partial charge in [-0.25, -0.2) is 0 Å². The normalized spacial score (nSPS) is 15.6. The van der Waals surface area contributed by atoms with E-state index in [4.69, 9.17) is 19.5 Å².